The van der Waals surface area contributed by atoms with Crippen molar-refractivity contribution in [2.75, 3.05) is 40.4 Å². The topological polar surface area (TPSA) is 58.1 Å². The number of piperidine rings is 1. The Hall–Kier alpha value is -1.22. The number of guanidine groups is 1. The normalized spacial score (nSPS) is 18.1. The first-order valence-corrected chi connectivity index (χ1v) is 10.7. The molecule has 2 fully saturated rings. The average molecular weight is 516 g/mol. The Morgan fingerprint density at radius 2 is 1.93 bits per heavy atom. The predicted molar refractivity (Wildman–Crippen MR) is 130 cm³/mol. The van der Waals surface area contributed by atoms with Crippen LogP contribution >= 0.6 is 24.0 Å². The van der Waals surface area contributed by atoms with Crippen molar-refractivity contribution >= 4 is 29.9 Å². The fraction of sp³-hybridized carbons (Fsp3) is 0.682. The molecule has 0 radical (unpaired) electrons. The van der Waals surface area contributed by atoms with Crippen LogP contribution in [0, 0.1) is 0 Å². The van der Waals surface area contributed by atoms with Gasteiger partial charge in [0.1, 0.15) is 0 Å². The monoisotopic (exact) mass is 516 g/mol. The lowest BCUT2D eigenvalue weighted by Gasteiger charge is -2.33. The van der Waals surface area contributed by atoms with Crippen LogP contribution in [0.4, 0.5) is 0 Å². The van der Waals surface area contributed by atoms with Crippen LogP contribution in [-0.2, 0) is 6.42 Å². The van der Waals surface area contributed by atoms with E-state index in [1.54, 1.807) is 7.11 Å². The summed E-state index contributed by atoms with van der Waals surface area (Å²) in [6.45, 7) is 5.97. The van der Waals surface area contributed by atoms with Gasteiger partial charge in [0.15, 0.2) is 17.5 Å². The van der Waals surface area contributed by atoms with E-state index in [2.05, 4.69) is 32.7 Å². The first kappa shape index (κ1) is 24.1. The van der Waals surface area contributed by atoms with E-state index in [0.29, 0.717) is 12.6 Å². The zero-order chi connectivity index (χ0) is 19.8. The van der Waals surface area contributed by atoms with E-state index in [1.165, 1.54) is 44.3 Å². The van der Waals surface area contributed by atoms with Crippen molar-refractivity contribution in [3.8, 4) is 11.5 Å². The molecule has 0 atom stereocenters. The van der Waals surface area contributed by atoms with Gasteiger partial charge in [0.2, 0.25) is 0 Å². The second kappa shape index (κ2) is 12.5. The Morgan fingerprint density at radius 1 is 1.17 bits per heavy atom. The summed E-state index contributed by atoms with van der Waals surface area (Å²) in [6.07, 6.45) is 7.27. The molecule has 3 rings (SSSR count). The van der Waals surface area contributed by atoms with Gasteiger partial charge in [-0.25, -0.2) is 0 Å². The molecular formula is C22H37IN4O2. The SMILES string of the molecule is CCOc1cc(CCCNC(=NC)NC2CCN(C3CC3)CC2)ccc1OC.I. The first-order chi connectivity index (χ1) is 13.7. The molecule has 0 spiro atoms. The van der Waals surface area contributed by atoms with Gasteiger partial charge in [-0.15, -0.1) is 24.0 Å². The summed E-state index contributed by atoms with van der Waals surface area (Å²) >= 11 is 0. The lowest BCUT2D eigenvalue weighted by atomic mass is 10.1. The highest BCUT2D eigenvalue weighted by atomic mass is 127. The Balaban J connectivity index is 0.00000300. The number of hydrogen-bond acceptors (Lipinski definition) is 4. The summed E-state index contributed by atoms with van der Waals surface area (Å²) in [4.78, 5) is 7.05. The number of rotatable bonds is 9. The van der Waals surface area contributed by atoms with Crippen molar-refractivity contribution in [3.63, 3.8) is 0 Å². The molecule has 1 heterocycles. The molecule has 0 unspecified atom stereocenters. The highest BCUT2D eigenvalue weighted by Crippen LogP contribution is 2.29. The number of aliphatic imine (C=N–C) groups is 1. The predicted octanol–water partition coefficient (Wildman–Crippen LogP) is 3.44. The van der Waals surface area contributed by atoms with E-state index in [1.807, 2.05) is 20.0 Å². The molecule has 1 aromatic rings. The molecule has 2 aliphatic rings. The summed E-state index contributed by atoms with van der Waals surface area (Å²) in [5.74, 6) is 2.54. The Kier molecular flexibility index (Phi) is 10.3. The van der Waals surface area contributed by atoms with Crippen LogP contribution in [0.1, 0.15) is 44.6 Å². The zero-order valence-electron chi connectivity index (χ0n) is 18.1. The van der Waals surface area contributed by atoms with Crippen molar-refractivity contribution in [2.45, 2.75) is 57.5 Å². The lowest BCUT2D eigenvalue weighted by Crippen LogP contribution is -2.49. The molecule has 7 heteroatoms. The molecule has 1 aliphatic carbocycles. The number of benzene rings is 1. The van der Waals surface area contributed by atoms with Crippen molar-refractivity contribution in [1.82, 2.24) is 15.5 Å². The number of methoxy groups -OCH3 is 1. The van der Waals surface area contributed by atoms with Gasteiger partial charge >= 0.3 is 0 Å². The number of likely N-dealkylation sites (tertiary alicyclic amines) is 1. The molecule has 0 aromatic heterocycles. The minimum Gasteiger partial charge on any atom is -0.493 e. The van der Waals surface area contributed by atoms with E-state index in [0.717, 1.165) is 42.9 Å². The maximum atomic E-state index is 5.67. The van der Waals surface area contributed by atoms with Gasteiger partial charge in [0.25, 0.3) is 0 Å². The van der Waals surface area contributed by atoms with E-state index in [9.17, 15) is 0 Å². The maximum absolute atomic E-state index is 5.67. The summed E-state index contributed by atoms with van der Waals surface area (Å²) in [6, 6.07) is 7.61. The van der Waals surface area contributed by atoms with E-state index in [4.69, 9.17) is 9.47 Å². The fourth-order valence-corrected chi connectivity index (χ4v) is 3.88. The summed E-state index contributed by atoms with van der Waals surface area (Å²) in [7, 11) is 3.53. The Labute approximate surface area is 192 Å². The summed E-state index contributed by atoms with van der Waals surface area (Å²) in [5.41, 5.74) is 1.27. The molecular weight excluding hydrogens is 479 g/mol. The number of halogens is 1. The minimum absolute atomic E-state index is 0. The van der Waals surface area contributed by atoms with Gasteiger partial charge in [0.05, 0.1) is 13.7 Å². The van der Waals surface area contributed by atoms with Gasteiger partial charge in [0, 0.05) is 38.8 Å². The van der Waals surface area contributed by atoms with E-state index < -0.39 is 0 Å². The van der Waals surface area contributed by atoms with Gasteiger partial charge in [-0.1, -0.05) is 6.07 Å². The van der Waals surface area contributed by atoms with Crippen molar-refractivity contribution in [1.29, 1.82) is 0 Å². The Bertz CT molecular complexity index is 644. The first-order valence-electron chi connectivity index (χ1n) is 10.7. The van der Waals surface area contributed by atoms with Crippen molar-refractivity contribution in [3.05, 3.63) is 23.8 Å². The highest BCUT2D eigenvalue weighted by molar-refractivity contribution is 14.0. The highest BCUT2D eigenvalue weighted by Gasteiger charge is 2.31. The van der Waals surface area contributed by atoms with Gasteiger partial charge in [-0.3, -0.25) is 4.99 Å². The third-order valence-electron chi connectivity index (χ3n) is 5.62. The minimum atomic E-state index is 0. The van der Waals surface area contributed by atoms with Crippen LogP contribution in [-0.4, -0.2) is 63.3 Å². The smallest absolute Gasteiger partial charge is 0.191 e. The average Bonchev–Trinajstić information content (AvgIpc) is 3.56. The Morgan fingerprint density at radius 3 is 2.55 bits per heavy atom. The zero-order valence-corrected chi connectivity index (χ0v) is 20.4. The van der Waals surface area contributed by atoms with Crippen LogP contribution in [0.15, 0.2) is 23.2 Å². The fourth-order valence-electron chi connectivity index (χ4n) is 3.88. The molecule has 0 amide bonds. The van der Waals surface area contributed by atoms with Crippen LogP contribution in [0.3, 0.4) is 0 Å². The number of nitrogens with one attached hydrogen (secondary N) is 2. The maximum Gasteiger partial charge on any atom is 0.191 e. The second-order valence-corrected chi connectivity index (χ2v) is 7.71. The molecule has 6 nitrogen and oxygen atoms in total. The van der Waals surface area contributed by atoms with Gasteiger partial charge in [-0.2, -0.15) is 0 Å². The van der Waals surface area contributed by atoms with Crippen LogP contribution < -0.4 is 20.1 Å². The third-order valence-corrected chi connectivity index (χ3v) is 5.62. The second-order valence-electron chi connectivity index (χ2n) is 7.71. The molecule has 29 heavy (non-hydrogen) atoms. The summed E-state index contributed by atoms with van der Waals surface area (Å²) in [5, 5.41) is 7.07. The van der Waals surface area contributed by atoms with Gasteiger partial charge < -0.3 is 25.0 Å². The lowest BCUT2D eigenvalue weighted by molar-refractivity contribution is 0.197. The molecule has 1 aliphatic heterocycles. The van der Waals surface area contributed by atoms with E-state index in [-0.39, 0.29) is 24.0 Å². The van der Waals surface area contributed by atoms with Crippen molar-refractivity contribution in [2.24, 2.45) is 4.99 Å². The molecule has 2 N–H and O–H groups in total. The quantitative estimate of drug-likeness (QED) is 0.228. The molecule has 1 aromatic carbocycles. The van der Waals surface area contributed by atoms with Crippen molar-refractivity contribution < 1.29 is 9.47 Å². The number of ether oxygens (including phenoxy) is 2. The van der Waals surface area contributed by atoms with Crippen LogP contribution in [0.2, 0.25) is 0 Å². The third kappa shape index (κ3) is 7.51. The number of aryl methyl sites for hydroxylation is 1. The standard InChI is InChI=1S/C22H36N4O2.HI/c1-4-28-21-16-17(7-10-20(21)27-3)6-5-13-24-22(23-2)25-18-11-14-26(15-12-18)19-8-9-19;/h7,10,16,18-19H,4-6,8-9,11-15H2,1-3H3,(H2,23,24,25);1H. The van der Waals surface area contributed by atoms with E-state index >= 15 is 0 Å². The molecule has 164 valence electrons. The molecule has 0 bridgehead atoms. The number of hydrogen-bond donors (Lipinski definition) is 2. The largest absolute Gasteiger partial charge is 0.493 e. The van der Waals surface area contributed by atoms with Crippen LogP contribution in [0.5, 0.6) is 11.5 Å². The summed E-state index contributed by atoms with van der Waals surface area (Å²) < 4.78 is 11.0. The number of nitrogens with zero attached hydrogens (tertiary/aromatic N) is 2. The van der Waals surface area contributed by atoms with Crippen LogP contribution in [0.25, 0.3) is 0 Å². The molecule has 1 saturated heterocycles. The molecule has 1 saturated carbocycles. The van der Waals surface area contributed by atoms with Gasteiger partial charge in [-0.05, 0) is 63.1 Å².